The summed E-state index contributed by atoms with van der Waals surface area (Å²) in [4.78, 5) is 31.4. The zero-order valence-corrected chi connectivity index (χ0v) is 17.4. The summed E-state index contributed by atoms with van der Waals surface area (Å²) in [5.41, 5.74) is -1.06. The van der Waals surface area contributed by atoms with Crippen LogP contribution in [0.5, 0.6) is 0 Å². The molecule has 1 unspecified atom stereocenters. The lowest BCUT2D eigenvalue weighted by molar-refractivity contribution is 0.300. The van der Waals surface area contributed by atoms with Gasteiger partial charge in [-0.15, -0.1) is 22.7 Å². The van der Waals surface area contributed by atoms with Crippen molar-refractivity contribution >= 4 is 22.7 Å². The summed E-state index contributed by atoms with van der Waals surface area (Å²) in [6, 6.07) is 8.30. The van der Waals surface area contributed by atoms with E-state index < -0.39 is 11.1 Å². The van der Waals surface area contributed by atoms with Crippen molar-refractivity contribution < 1.29 is 0 Å². The lowest BCUT2D eigenvalue weighted by Crippen LogP contribution is -2.45. The van der Waals surface area contributed by atoms with Crippen LogP contribution in [0.25, 0.3) is 0 Å². The third kappa shape index (κ3) is 3.00. The van der Waals surface area contributed by atoms with Gasteiger partial charge in [-0.2, -0.15) is 5.10 Å². The Morgan fingerprint density at radius 3 is 2.68 bits per heavy atom. The first-order valence-corrected chi connectivity index (χ1v) is 11.3. The quantitative estimate of drug-likeness (QED) is 0.615. The lowest BCUT2D eigenvalue weighted by atomic mass is 9.85. The Kier molecular flexibility index (Phi) is 4.37. The maximum Gasteiger partial charge on any atom is 0.332 e. The van der Waals surface area contributed by atoms with E-state index >= 15 is 0 Å². The molecule has 1 fully saturated rings. The van der Waals surface area contributed by atoms with Crippen molar-refractivity contribution in [2.75, 3.05) is 13.1 Å². The van der Waals surface area contributed by atoms with Crippen molar-refractivity contribution in [3.05, 3.63) is 70.8 Å². The molecule has 1 atom stereocenters. The van der Waals surface area contributed by atoms with Gasteiger partial charge in [0, 0.05) is 39.7 Å². The van der Waals surface area contributed by atoms with Crippen LogP contribution in [0.4, 0.5) is 0 Å². The van der Waals surface area contributed by atoms with Gasteiger partial charge in [0.15, 0.2) is 0 Å². The van der Waals surface area contributed by atoms with E-state index in [1.807, 2.05) is 28.8 Å². The minimum Gasteiger partial charge on any atom is -0.297 e. The van der Waals surface area contributed by atoms with Gasteiger partial charge in [-0.3, -0.25) is 19.1 Å². The van der Waals surface area contributed by atoms with Crippen LogP contribution in [0.15, 0.2) is 39.2 Å². The number of nitrogens with zero attached hydrogens (tertiary/aromatic N) is 4. The smallest absolute Gasteiger partial charge is 0.297 e. The molecule has 6 nitrogen and oxygen atoms in total. The predicted octanol–water partition coefficient (Wildman–Crippen LogP) is 2.43. The number of thiophene rings is 2. The molecule has 0 amide bonds. The maximum absolute atomic E-state index is 12.7. The van der Waals surface area contributed by atoms with Gasteiger partial charge in [0.05, 0.1) is 6.54 Å². The number of fused-ring (bicyclic) bond motifs is 2. The molecule has 0 N–H and O–H groups in total. The Morgan fingerprint density at radius 1 is 1.07 bits per heavy atom. The van der Waals surface area contributed by atoms with E-state index in [9.17, 15) is 9.59 Å². The maximum atomic E-state index is 12.7. The fourth-order valence-corrected chi connectivity index (χ4v) is 6.12. The molecule has 1 spiro atoms. The fraction of sp³-hybridized carbons (Fsp3) is 0.450. The number of aromatic nitrogens is 3. The molecule has 5 heterocycles. The molecule has 146 valence electrons. The molecule has 28 heavy (non-hydrogen) atoms. The minimum absolute atomic E-state index is 0.115. The molecule has 3 aromatic rings. The average Bonchev–Trinajstić information content (AvgIpc) is 3.45. The van der Waals surface area contributed by atoms with Crippen molar-refractivity contribution in [1.82, 2.24) is 19.2 Å². The third-order valence-corrected chi connectivity index (χ3v) is 7.76. The summed E-state index contributed by atoms with van der Waals surface area (Å²) < 4.78 is 3.00. The molecule has 0 saturated carbocycles. The van der Waals surface area contributed by atoms with Crippen LogP contribution in [0, 0.1) is 6.92 Å². The van der Waals surface area contributed by atoms with Crippen LogP contribution < -0.4 is 11.1 Å². The molecule has 0 aromatic carbocycles. The molecule has 2 aliphatic heterocycles. The average molecular weight is 415 g/mol. The SMILES string of the molecule is Cc1ccc(CN2CCC3(CCn4c3nn(Cc3cccs3)c(=O)c4=O)C2)s1. The van der Waals surface area contributed by atoms with Crippen molar-refractivity contribution in [2.45, 2.75) is 44.8 Å². The van der Waals surface area contributed by atoms with Gasteiger partial charge in [-0.1, -0.05) is 6.07 Å². The molecule has 3 aromatic heterocycles. The second-order valence-corrected chi connectivity index (χ2v) is 10.2. The summed E-state index contributed by atoms with van der Waals surface area (Å²) in [6.45, 7) is 5.94. The number of likely N-dealkylation sites (tertiary alicyclic amines) is 1. The molecule has 1 saturated heterocycles. The summed E-state index contributed by atoms with van der Waals surface area (Å²) >= 11 is 3.42. The van der Waals surface area contributed by atoms with E-state index in [1.165, 1.54) is 14.4 Å². The van der Waals surface area contributed by atoms with Crippen LogP contribution in [0.3, 0.4) is 0 Å². The molecule has 0 bridgehead atoms. The standard InChI is InChI=1S/C20H22N4O2S2/c1-14-4-5-16(28-14)11-22-8-6-20(13-22)7-9-23-17(25)18(26)24(21-19(20)23)12-15-3-2-10-27-15/h2-5,10H,6-9,11-13H2,1H3. The van der Waals surface area contributed by atoms with Crippen molar-refractivity contribution in [1.29, 1.82) is 0 Å². The normalized spacial score (nSPS) is 21.6. The first-order valence-electron chi connectivity index (χ1n) is 9.57. The second kappa shape index (κ2) is 6.79. The first-order chi connectivity index (χ1) is 13.5. The van der Waals surface area contributed by atoms with E-state index in [2.05, 4.69) is 24.0 Å². The highest BCUT2D eigenvalue weighted by Gasteiger charge is 2.47. The Bertz CT molecular complexity index is 1130. The topological polar surface area (TPSA) is 60.1 Å². The highest BCUT2D eigenvalue weighted by atomic mass is 32.1. The van der Waals surface area contributed by atoms with Crippen molar-refractivity contribution in [3.8, 4) is 0 Å². The zero-order chi connectivity index (χ0) is 19.3. The van der Waals surface area contributed by atoms with Crippen LogP contribution in [-0.2, 0) is 25.0 Å². The van der Waals surface area contributed by atoms with Crippen LogP contribution in [0.1, 0.15) is 33.3 Å². The Labute approximate surface area is 170 Å². The molecule has 0 aliphatic carbocycles. The van der Waals surface area contributed by atoms with Gasteiger partial charge in [-0.05, 0) is 49.9 Å². The van der Waals surface area contributed by atoms with E-state index in [-0.39, 0.29) is 5.41 Å². The fourth-order valence-electron chi connectivity index (χ4n) is 4.50. The predicted molar refractivity (Wildman–Crippen MR) is 111 cm³/mol. The largest absolute Gasteiger partial charge is 0.332 e. The lowest BCUT2D eigenvalue weighted by Gasteiger charge is -2.23. The van der Waals surface area contributed by atoms with E-state index in [1.54, 1.807) is 15.9 Å². The summed E-state index contributed by atoms with van der Waals surface area (Å²) in [7, 11) is 0. The first kappa shape index (κ1) is 18.0. The van der Waals surface area contributed by atoms with E-state index in [0.29, 0.717) is 13.1 Å². The number of hydrogen-bond acceptors (Lipinski definition) is 6. The minimum atomic E-state index is -0.516. The highest BCUT2D eigenvalue weighted by molar-refractivity contribution is 7.11. The van der Waals surface area contributed by atoms with Crippen molar-refractivity contribution in [2.24, 2.45) is 0 Å². The van der Waals surface area contributed by atoms with E-state index in [0.717, 1.165) is 43.2 Å². The molecule has 8 heteroatoms. The summed E-state index contributed by atoms with van der Waals surface area (Å²) in [6.07, 6.45) is 1.87. The van der Waals surface area contributed by atoms with Crippen molar-refractivity contribution in [3.63, 3.8) is 0 Å². The van der Waals surface area contributed by atoms with Crippen LogP contribution >= 0.6 is 22.7 Å². The Balaban J connectivity index is 1.46. The Hall–Kier alpha value is -2.03. The Morgan fingerprint density at radius 2 is 1.93 bits per heavy atom. The van der Waals surface area contributed by atoms with Crippen LogP contribution in [0.2, 0.25) is 0 Å². The highest BCUT2D eigenvalue weighted by Crippen LogP contribution is 2.41. The van der Waals surface area contributed by atoms with Gasteiger partial charge >= 0.3 is 11.1 Å². The van der Waals surface area contributed by atoms with Gasteiger partial charge in [0.25, 0.3) is 0 Å². The van der Waals surface area contributed by atoms with E-state index in [4.69, 9.17) is 5.10 Å². The summed E-state index contributed by atoms with van der Waals surface area (Å²) in [5, 5.41) is 6.69. The van der Waals surface area contributed by atoms with Crippen LogP contribution in [-0.4, -0.2) is 32.3 Å². The molecule has 2 aliphatic rings. The number of aryl methyl sites for hydroxylation is 1. The second-order valence-electron chi connectivity index (χ2n) is 7.83. The zero-order valence-electron chi connectivity index (χ0n) is 15.8. The van der Waals surface area contributed by atoms with Gasteiger partial charge < -0.3 is 0 Å². The number of rotatable bonds is 4. The molecule has 0 radical (unpaired) electrons. The number of hydrogen-bond donors (Lipinski definition) is 0. The molecule has 5 rings (SSSR count). The van der Waals surface area contributed by atoms with Gasteiger partial charge in [0.2, 0.25) is 0 Å². The third-order valence-electron chi connectivity index (χ3n) is 5.92. The summed E-state index contributed by atoms with van der Waals surface area (Å²) in [5.74, 6) is 0.804. The van der Waals surface area contributed by atoms with Gasteiger partial charge in [0.1, 0.15) is 5.82 Å². The monoisotopic (exact) mass is 414 g/mol. The van der Waals surface area contributed by atoms with Gasteiger partial charge in [-0.25, -0.2) is 4.68 Å². The molecular weight excluding hydrogens is 392 g/mol. The molecular formula is C20H22N4O2S2.